The van der Waals surface area contributed by atoms with E-state index < -0.39 is 5.97 Å². The van der Waals surface area contributed by atoms with E-state index >= 15 is 0 Å². The molecule has 0 unspecified atom stereocenters. The molecule has 0 radical (unpaired) electrons. The van der Waals surface area contributed by atoms with E-state index in [1.54, 1.807) is 11.8 Å². The van der Waals surface area contributed by atoms with Crippen molar-refractivity contribution in [2.75, 3.05) is 30.2 Å². The molecule has 5 nitrogen and oxygen atoms in total. The number of anilines is 1. The van der Waals surface area contributed by atoms with Gasteiger partial charge in [-0.15, -0.1) is 11.8 Å². The highest BCUT2D eigenvalue weighted by Gasteiger charge is 2.10. The number of hydrogen-bond donors (Lipinski definition) is 2. The number of amides is 1. The fraction of sp³-hybridized carbons (Fsp3) is 0.652. The molecule has 7 heteroatoms. The minimum atomic E-state index is -0.833. The first-order valence-electron chi connectivity index (χ1n) is 10.9. The van der Waals surface area contributed by atoms with E-state index in [-0.39, 0.29) is 12.3 Å². The lowest BCUT2D eigenvalue weighted by Gasteiger charge is -2.13. The van der Waals surface area contributed by atoms with Gasteiger partial charge in [-0.2, -0.15) is 11.8 Å². The minimum absolute atomic E-state index is 0.000652. The Kier molecular flexibility index (Phi) is 15.4. The third-order valence-corrected chi connectivity index (χ3v) is 6.18. The highest BCUT2D eigenvalue weighted by molar-refractivity contribution is 7.98. The van der Waals surface area contributed by atoms with Gasteiger partial charge in [0.25, 0.3) is 0 Å². The van der Waals surface area contributed by atoms with Crippen LogP contribution in [0.15, 0.2) is 23.1 Å². The van der Waals surface area contributed by atoms with Crippen LogP contribution in [0, 0.1) is 0 Å². The van der Waals surface area contributed by atoms with E-state index in [1.807, 2.05) is 36.2 Å². The zero-order valence-corrected chi connectivity index (χ0v) is 20.0. The number of aliphatic carboxylic acids is 1. The van der Waals surface area contributed by atoms with E-state index in [2.05, 4.69) is 11.6 Å². The average Bonchev–Trinajstić information content (AvgIpc) is 2.73. The Morgan fingerprint density at radius 3 is 2.23 bits per heavy atom. The molecule has 0 atom stereocenters. The molecule has 0 fully saturated rings. The molecule has 0 spiro atoms. The molecule has 0 aliphatic carbocycles. The zero-order chi connectivity index (χ0) is 22.0. The van der Waals surface area contributed by atoms with Crippen LogP contribution in [0.1, 0.15) is 70.6 Å². The molecule has 2 N–H and O–H groups in total. The van der Waals surface area contributed by atoms with Crippen LogP contribution < -0.4 is 10.1 Å². The first kappa shape index (κ1) is 26.7. The first-order chi connectivity index (χ1) is 14.6. The molecule has 0 aliphatic heterocycles. The minimum Gasteiger partial charge on any atom is -0.491 e. The molecule has 1 rings (SSSR count). The monoisotopic (exact) mass is 455 g/mol. The molecule has 170 valence electrons. The number of rotatable bonds is 18. The van der Waals surface area contributed by atoms with Crippen LogP contribution in [0.2, 0.25) is 0 Å². The highest BCUT2D eigenvalue weighted by atomic mass is 32.2. The van der Waals surface area contributed by atoms with Gasteiger partial charge in [0, 0.05) is 17.7 Å². The first-order valence-corrected chi connectivity index (χ1v) is 13.5. The Hall–Kier alpha value is -1.34. The second kappa shape index (κ2) is 17.4. The molecule has 30 heavy (non-hydrogen) atoms. The molecule has 0 aromatic heterocycles. The Labute approximate surface area is 190 Å². The molecule has 1 aromatic rings. The fourth-order valence-electron chi connectivity index (χ4n) is 3.07. The van der Waals surface area contributed by atoms with E-state index in [1.165, 1.54) is 44.3 Å². The van der Waals surface area contributed by atoms with Gasteiger partial charge in [0.2, 0.25) is 5.91 Å². The van der Waals surface area contributed by atoms with Crippen molar-refractivity contribution in [2.24, 2.45) is 0 Å². The number of carbonyl (C=O) groups is 2. The average molecular weight is 456 g/mol. The van der Waals surface area contributed by atoms with Crippen molar-refractivity contribution in [1.29, 1.82) is 0 Å². The standard InChI is InChI=1S/C23H37NO4S2/c1-29-17-10-8-6-4-3-5-7-9-12-22(25)24-20-18-19(30-2)14-15-21(20)28-16-11-13-23(26)27/h14-15,18H,3-13,16-17H2,1-2H3,(H,24,25)(H,26,27). The highest BCUT2D eigenvalue weighted by Crippen LogP contribution is 2.30. The van der Waals surface area contributed by atoms with Gasteiger partial charge in [-0.1, -0.05) is 38.5 Å². The second-order valence-electron chi connectivity index (χ2n) is 7.33. The van der Waals surface area contributed by atoms with E-state index in [0.29, 0.717) is 30.9 Å². The summed E-state index contributed by atoms with van der Waals surface area (Å²) in [7, 11) is 0. The van der Waals surface area contributed by atoms with Gasteiger partial charge < -0.3 is 15.2 Å². The van der Waals surface area contributed by atoms with E-state index in [4.69, 9.17) is 9.84 Å². The third kappa shape index (κ3) is 13.1. The number of unbranched alkanes of at least 4 members (excludes halogenated alkanes) is 7. The molecular formula is C23H37NO4S2. The lowest BCUT2D eigenvalue weighted by molar-refractivity contribution is -0.137. The van der Waals surface area contributed by atoms with Crippen molar-refractivity contribution >= 4 is 41.1 Å². The van der Waals surface area contributed by atoms with E-state index in [0.717, 1.165) is 17.7 Å². The van der Waals surface area contributed by atoms with Crippen molar-refractivity contribution < 1.29 is 19.4 Å². The lowest BCUT2D eigenvalue weighted by atomic mass is 10.1. The summed E-state index contributed by atoms with van der Waals surface area (Å²) < 4.78 is 5.70. The Morgan fingerprint density at radius 1 is 0.933 bits per heavy atom. The summed E-state index contributed by atoms with van der Waals surface area (Å²) in [5.74, 6) is 1.03. The molecule has 0 heterocycles. The summed E-state index contributed by atoms with van der Waals surface area (Å²) in [6, 6.07) is 5.68. The lowest BCUT2D eigenvalue weighted by Crippen LogP contribution is -2.13. The number of carboxylic acid groups (broad SMARTS) is 1. The van der Waals surface area contributed by atoms with Crippen LogP contribution in [0.4, 0.5) is 5.69 Å². The fourth-order valence-corrected chi connectivity index (χ4v) is 4.00. The number of nitrogens with one attached hydrogen (secondary N) is 1. The maximum Gasteiger partial charge on any atom is 0.303 e. The van der Waals surface area contributed by atoms with E-state index in [9.17, 15) is 9.59 Å². The van der Waals surface area contributed by atoms with Crippen molar-refractivity contribution in [3.63, 3.8) is 0 Å². The van der Waals surface area contributed by atoms with Crippen LogP contribution in [-0.2, 0) is 9.59 Å². The van der Waals surface area contributed by atoms with Crippen molar-refractivity contribution in [3.8, 4) is 5.75 Å². The van der Waals surface area contributed by atoms with Gasteiger partial charge in [0.1, 0.15) is 5.75 Å². The summed E-state index contributed by atoms with van der Waals surface area (Å²) >= 11 is 3.52. The molecule has 1 amide bonds. The summed E-state index contributed by atoms with van der Waals surface area (Å²) in [4.78, 5) is 24.0. The zero-order valence-electron chi connectivity index (χ0n) is 18.4. The van der Waals surface area contributed by atoms with Crippen molar-refractivity contribution in [1.82, 2.24) is 0 Å². The van der Waals surface area contributed by atoms with Crippen LogP contribution in [-0.4, -0.2) is 41.9 Å². The van der Waals surface area contributed by atoms with Gasteiger partial charge >= 0.3 is 5.97 Å². The number of carbonyl (C=O) groups excluding carboxylic acids is 1. The summed E-state index contributed by atoms with van der Waals surface area (Å²) in [6.45, 7) is 0.311. The smallest absolute Gasteiger partial charge is 0.303 e. The SMILES string of the molecule is CSCCCCCCCCCCC(=O)Nc1cc(SC)ccc1OCCCC(=O)O. The Balaban J connectivity index is 2.31. The quantitative estimate of drug-likeness (QED) is 0.195. The number of thioether (sulfide) groups is 2. The topological polar surface area (TPSA) is 75.6 Å². The molecule has 1 aromatic carbocycles. The van der Waals surface area contributed by atoms with Crippen molar-refractivity contribution in [2.45, 2.75) is 75.5 Å². The van der Waals surface area contributed by atoms with Gasteiger partial charge in [0.15, 0.2) is 0 Å². The van der Waals surface area contributed by atoms with Crippen LogP contribution in [0.3, 0.4) is 0 Å². The normalized spacial score (nSPS) is 10.7. The summed E-state index contributed by atoms with van der Waals surface area (Å²) in [5, 5.41) is 11.7. The van der Waals surface area contributed by atoms with Crippen LogP contribution >= 0.6 is 23.5 Å². The van der Waals surface area contributed by atoms with Gasteiger partial charge in [-0.05, 0) is 55.7 Å². The molecule has 0 saturated heterocycles. The maximum atomic E-state index is 12.4. The van der Waals surface area contributed by atoms with Gasteiger partial charge in [0.05, 0.1) is 12.3 Å². The summed E-state index contributed by atoms with van der Waals surface area (Å²) in [6.07, 6.45) is 14.9. The molecular weight excluding hydrogens is 418 g/mol. The molecule has 0 aliphatic rings. The number of hydrogen-bond acceptors (Lipinski definition) is 5. The van der Waals surface area contributed by atoms with Crippen LogP contribution in [0.25, 0.3) is 0 Å². The molecule has 0 bridgehead atoms. The second-order valence-corrected chi connectivity index (χ2v) is 9.19. The maximum absolute atomic E-state index is 12.4. The number of carboxylic acids is 1. The predicted molar refractivity (Wildman–Crippen MR) is 129 cm³/mol. The number of benzene rings is 1. The van der Waals surface area contributed by atoms with Gasteiger partial charge in [-0.3, -0.25) is 9.59 Å². The molecule has 0 saturated carbocycles. The van der Waals surface area contributed by atoms with Gasteiger partial charge in [-0.25, -0.2) is 0 Å². The largest absolute Gasteiger partial charge is 0.491 e. The Bertz CT molecular complexity index is 625. The van der Waals surface area contributed by atoms with Crippen LogP contribution in [0.5, 0.6) is 5.75 Å². The summed E-state index contributed by atoms with van der Waals surface area (Å²) in [5.41, 5.74) is 0.660. The third-order valence-electron chi connectivity index (χ3n) is 4.76. The number of ether oxygens (including phenoxy) is 1. The van der Waals surface area contributed by atoms with Crippen molar-refractivity contribution in [3.05, 3.63) is 18.2 Å². The predicted octanol–water partition coefficient (Wildman–Crippen LogP) is 6.46. The Morgan fingerprint density at radius 2 is 1.60 bits per heavy atom.